The number of benzene rings is 1. The number of hydrogen-bond acceptors (Lipinski definition) is 2. The molecule has 0 radical (unpaired) electrons. The summed E-state index contributed by atoms with van der Waals surface area (Å²) in [5, 5.41) is 3.71. The molecule has 2 fully saturated rings. The minimum absolute atomic E-state index is 0.583. The summed E-state index contributed by atoms with van der Waals surface area (Å²) < 4.78 is 0. The number of hydrogen-bond donors (Lipinski definition) is 1. The summed E-state index contributed by atoms with van der Waals surface area (Å²) in [4.78, 5) is 2.77. The Kier molecular flexibility index (Phi) is 3.67. The molecule has 1 aliphatic carbocycles. The smallest absolute Gasteiger partial charge is 0.0476 e. The first-order valence-electron chi connectivity index (χ1n) is 7.42. The van der Waals surface area contributed by atoms with Crippen LogP contribution < -0.4 is 5.32 Å². The Morgan fingerprint density at radius 3 is 2.61 bits per heavy atom. The number of nitrogens with zero attached hydrogens (tertiary/aromatic N) is 1. The van der Waals surface area contributed by atoms with Crippen LogP contribution in [0.1, 0.15) is 44.2 Å². The van der Waals surface area contributed by atoms with E-state index in [0.29, 0.717) is 12.1 Å². The van der Waals surface area contributed by atoms with Crippen LogP contribution in [0.15, 0.2) is 30.3 Å². The second-order valence-corrected chi connectivity index (χ2v) is 5.72. The van der Waals surface area contributed by atoms with E-state index in [1.54, 1.807) is 0 Å². The normalized spacial score (nSPS) is 30.1. The fourth-order valence-corrected chi connectivity index (χ4v) is 3.22. The fraction of sp³-hybridized carbons (Fsp3) is 0.625. The van der Waals surface area contributed by atoms with Crippen LogP contribution in [0.2, 0.25) is 0 Å². The van der Waals surface area contributed by atoms with E-state index < -0.39 is 0 Å². The Balaban J connectivity index is 1.78. The van der Waals surface area contributed by atoms with Crippen LogP contribution in [-0.2, 0) is 0 Å². The van der Waals surface area contributed by atoms with Crippen LogP contribution in [0.25, 0.3) is 0 Å². The maximum Gasteiger partial charge on any atom is 0.0476 e. The topological polar surface area (TPSA) is 15.3 Å². The molecule has 2 aliphatic rings. The molecule has 1 saturated carbocycles. The quantitative estimate of drug-likeness (QED) is 0.879. The molecule has 0 aromatic heterocycles. The highest BCUT2D eigenvalue weighted by Crippen LogP contribution is 2.34. The third kappa shape index (κ3) is 2.32. The number of nitrogens with one attached hydrogen (secondary N) is 1. The molecule has 2 atom stereocenters. The average molecular weight is 244 g/mol. The van der Waals surface area contributed by atoms with E-state index in [0.717, 1.165) is 12.6 Å². The molecule has 0 amide bonds. The zero-order valence-corrected chi connectivity index (χ0v) is 11.3. The zero-order chi connectivity index (χ0) is 12.4. The molecule has 1 aliphatic heterocycles. The molecule has 2 heteroatoms. The summed E-state index contributed by atoms with van der Waals surface area (Å²) >= 11 is 0. The van der Waals surface area contributed by atoms with Crippen LogP contribution >= 0.6 is 0 Å². The number of rotatable bonds is 3. The third-order valence-corrected chi connectivity index (χ3v) is 4.65. The van der Waals surface area contributed by atoms with Crippen molar-refractivity contribution in [1.82, 2.24) is 10.2 Å². The Morgan fingerprint density at radius 2 is 2.00 bits per heavy atom. The summed E-state index contributed by atoms with van der Waals surface area (Å²) in [6, 6.07) is 13.1. The van der Waals surface area contributed by atoms with Gasteiger partial charge in [0, 0.05) is 31.2 Å². The summed E-state index contributed by atoms with van der Waals surface area (Å²) in [6.07, 6.45) is 5.47. The lowest BCUT2D eigenvalue weighted by molar-refractivity contribution is 0.0408. The molecule has 2 unspecified atom stereocenters. The molecule has 1 aromatic rings. The molecule has 1 saturated heterocycles. The van der Waals surface area contributed by atoms with Crippen LogP contribution in [0.4, 0.5) is 0 Å². The first-order chi connectivity index (χ1) is 8.88. The van der Waals surface area contributed by atoms with Crippen molar-refractivity contribution in [3.05, 3.63) is 35.9 Å². The second kappa shape index (κ2) is 5.41. The van der Waals surface area contributed by atoms with Gasteiger partial charge in [0.1, 0.15) is 0 Å². The van der Waals surface area contributed by atoms with Crippen molar-refractivity contribution in [3.8, 4) is 0 Å². The van der Waals surface area contributed by atoms with Crippen molar-refractivity contribution < 1.29 is 0 Å². The SMILES string of the molecule is CCC1CN(C2CCC2)C(c2ccccc2)CN1. The highest BCUT2D eigenvalue weighted by molar-refractivity contribution is 5.21. The minimum atomic E-state index is 0.583. The van der Waals surface area contributed by atoms with Gasteiger partial charge in [0.2, 0.25) is 0 Å². The van der Waals surface area contributed by atoms with Gasteiger partial charge in [-0.15, -0.1) is 0 Å². The Morgan fingerprint density at radius 1 is 1.22 bits per heavy atom. The van der Waals surface area contributed by atoms with Gasteiger partial charge in [-0.05, 0) is 24.8 Å². The summed E-state index contributed by atoms with van der Waals surface area (Å²) in [5.41, 5.74) is 1.48. The van der Waals surface area contributed by atoms with E-state index in [4.69, 9.17) is 0 Å². The van der Waals surface area contributed by atoms with Gasteiger partial charge in [0.15, 0.2) is 0 Å². The van der Waals surface area contributed by atoms with Gasteiger partial charge in [-0.3, -0.25) is 4.90 Å². The lowest BCUT2D eigenvalue weighted by Crippen LogP contribution is -2.56. The van der Waals surface area contributed by atoms with Gasteiger partial charge in [0.05, 0.1) is 0 Å². The lowest BCUT2D eigenvalue weighted by Gasteiger charge is -2.48. The first kappa shape index (κ1) is 12.2. The highest BCUT2D eigenvalue weighted by Gasteiger charge is 2.35. The van der Waals surface area contributed by atoms with E-state index in [-0.39, 0.29) is 0 Å². The van der Waals surface area contributed by atoms with E-state index in [1.165, 1.54) is 37.8 Å². The maximum absolute atomic E-state index is 3.71. The van der Waals surface area contributed by atoms with E-state index in [9.17, 15) is 0 Å². The van der Waals surface area contributed by atoms with Gasteiger partial charge in [0.25, 0.3) is 0 Å². The third-order valence-electron chi connectivity index (χ3n) is 4.65. The number of piperazine rings is 1. The van der Waals surface area contributed by atoms with E-state index in [1.807, 2.05) is 0 Å². The molecule has 3 rings (SSSR count). The highest BCUT2D eigenvalue weighted by atomic mass is 15.3. The molecule has 0 bridgehead atoms. The van der Waals surface area contributed by atoms with Gasteiger partial charge < -0.3 is 5.32 Å². The first-order valence-corrected chi connectivity index (χ1v) is 7.42. The Bertz CT molecular complexity index is 372. The van der Waals surface area contributed by atoms with Crippen LogP contribution in [0.3, 0.4) is 0 Å². The molecule has 1 heterocycles. The van der Waals surface area contributed by atoms with Crippen molar-refractivity contribution in [2.24, 2.45) is 0 Å². The molecule has 2 nitrogen and oxygen atoms in total. The van der Waals surface area contributed by atoms with Crippen molar-refractivity contribution in [3.63, 3.8) is 0 Å². The van der Waals surface area contributed by atoms with Gasteiger partial charge in [-0.1, -0.05) is 43.7 Å². The van der Waals surface area contributed by atoms with Gasteiger partial charge in [-0.25, -0.2) is 0 Å². The largest absolute Gasteiger partial charge is 0.311 e. The monoisotopic (exact) mass is 244 g/mol. The second-order valence-electron chi connectivity index (χ2n) is 5.72. The predicted molar refractivity (Wildman–Crippen MR) is 75.6 cm³/mol. The van der Waals surface area contributed by atoms with Gasteiger partial charge in [-0.2, -0.15) is 0 Å². The van der Waals surface area contributed by atoms with Crippen molar-refractivity contribution in [2.45, 2.75) is 50.7 Å². The Labute approximate surface area is 110 Å². The van der Waals surface area contributed by atoms with Crippen molar-refractivity contribution in [2.75, 3.05) is 13.1 Å². The van der Waals surface area contributed by atoms with Gasteiger partial charge >= 0.3 is 0 Å². The molecule has 98 valence electrons. The molecule has 1 aromatic carbocycles. The van der Waals surface area contributed by atoms with E-state index >= 15 is 0 Å². The standard InChI is InChI=1S/C16H24N2/c1-2-14-12-18(15-9-6-10-15)16(11-17-14)13-7-4-3-5-8-13/h3-5,7-8,14-17H,2,6,9-12H2,1H3. The molecular formula is C16H24N2. The van der Waals surface area contributed by atoms with Crippen LogP contribution in [0.5, 0.6) is 0 Å². The summed E-state index contributed by atoms with van der Waals surface area (Å²) in [5.74, 6) is 0. The molecule has 18 heavy (non-hydrogen) atoms. The zero-order valence-electron chi connectivity index (χ0n) is 11.3. The Hall–Kier alpha value is -0.860. The molecule has 1 N–H and O–H groups in total. The van der Waals surface area contributed by atoms with Crippen LogP contribution in [-0.4, -0.2) is 30.1 Å². The summed E-state index contributed by atoms with van der Waals surface area (Å²) in [6.45, 7) is 4.62. The maximum atomic E-state index is 3.71. The predicted octanol–water partition coefficient (Wildman–Crippen LogP) is 2.96. The van der Waals surface area contributed by atoms with Crippen molar-refractivity contribution >= 4 is 0 Å². The average Bonchev–Trinajstić information content (AvgIpc) is 2.38. The van der Waals surface area contributed by atoms with Crippen molar-refractivity contribution in [1.29, 1.82) is 0 Å². The molecule has 0 spiro atoms. The lowest BCUT2D eigenvalue weighted by atomic mass is 9.87. The summed E-state index contributed by atoms with van der Waals surface area (Å²) in [7, 11) is 0. The van der Waals surface area contributed by atoms with Crippen LogP contribution in [0, 0.1) is 0 Å². The minimum Gasteiger partial charge on any atom is -0.311 e. The van der Waals surface area contributed by atoms with E-state index in [2.05, 4.69) is 47.5 Å². The molecular weight excluding hydrogens is 220 g/mol. The fourth-order valence-electron chi connectivity index (χ4n) is 3.22.